The molecule has 0 bridgehead atoms. The highest BCUT2D eigenvalue weighted by Crippen LogP contribution is 2.25. The summed E-state index contributed by atoms with van der Waals surface area (Å²) in [5.74, 6) is 1.39. The first-order valence-corrected chi connectivity index (χ1v) is 9.33. The maximum atomic E-state index is 12.1. The van der Waals surface area contributed by atoms with Gasteiger partial charge >= 0.3 is 0 Å². The molecule has 5 nitrogen and oxygen atoms in total. The summed E-state index contributed by atoms with van der Waals surface area (Å²) in [4.78, 5) is 23.7. The lowest BCUT2D eigenvalue weighted by Gasteiger charge is -2.11. The second kappa shape index (κ2) is 9.64. The van der Waals surface area contributed by atoms with Crippen LogP contribution >= 0.6 is 11.8 Å². The molecule has 0 aliphatic heterocycles. The number of carbonyl (C=O) groups excluding carboxylic acids is 2. The summed E-state index contributed by atoms with van der Waals surface area (Å²) in [5.41, 5.74) is 2.62. The van der Waals surface area contributed by atoms with Gasteiger partial charge in [0.25, 0.3) is 0 Å². The van der Waals surface area contributed by atoms with Crippen molar-refractivity contribution < 1.29 is 14.3 Å². The molecule has 0 spiro atoms. The van der Waals surface area contributed by atoms with Crippen LogP contribution in [0.5, 0.6) is 5.75 Å². The van der Waals surface area contributed by atoms with Gasteiger partial charge in [0, 0.05) is 22.6 Å². The van der Waals surface area contributed by atoms with E-state index in [9.17, 15) is 9.59 Å². The van der Waals surface area contributed by atoms with Crippen molar-refractivity contribution in [3.8, 4) is 11.8 Å². The summed E-state index contributed by atoms with van der Waals surface area (Å²) < 4.78 is 5.59. The molecule has 0 aromatic heterocycles. The lowest BCUT2D eigenvalue weighted by atomic mass is 10.1. The number of carbonyl (C=O) groups is 2. The fourth-order valence-corrected chi connectivity index (χ4v) is 3.13. The minimum atomic E-state index is -0.147. The number of rotatable bonds is 8. The zero-order valence-corrected chi connectivity index (χ0v) is 15.6. The minimum Gasteiger partial charge on any atom is -0.494 e. The number of ketones is 1. The van der Waals surface area contributed by atoms with Crippen LogP contribution in [0.1, 0.15) is 35.3 Å². The molecular formula is C20H20N2O3S. The van der Waals surface area contributed by atoms with Crippen molar-refractivity contribution in [3.05, 3.63) is 59.2 Å². The molecule has 1 amide bonds. The fourth-order valence-electron chi connectivity index (χ4n) is 2.32. The van der Waals surface area contributed by atoms with E-state index in [0.717, 1.165) is 11.3 Å². The third-order valence-corrected chi connectivity index (χ3v) is 4.51. The van der Waals surface area contributed by atoms with Gasteiger partial charge in [-0.3, -0.25) is 9.59 Å². The van der Waals surface area contributed by atoms with Gasteiger partial charge in [0.15, 0.2) is 5.78 Å². The Morgan fingerprint density at radius 3 is 2.73 bits per heavy atom. The van der Waals surface area contributed by atoms with Gasteiger partial charge in [-0.2, -0.15) is 5.26 Å². The number of thioether (sulfide) groups is 1. The first kappa shape index (κ1) is 19.5. The van der Waals surface area contributed by atoms with Gasteiger partial charge in [-0.15, -0.1) is 11.8 Å². The summed E-state index contributed by atoms with van der Waals surface area (Å²) in [5, 5.41) is 11.7. The van der Waals surface area contributed by atoms with E-state index in [1.807, 2.05) is 19.1 Å². The van der Waals surface area contributed by atoms with E-state index < -0.39 is 0 Å². The number of amides is 1. The van der Waals surface area contributed by atoms with E-state index in [0.29, 0.717) is 29.2 Å². The summed E-state index contributed by atoms with van der Waals surface area (Å²) in [6.45, 7) is 3.96. The standard InChI is InChI=1S/C20H20N2O3S/c1-3-25-19-8-7-16(14(2)23)10-17(19)12-26-13-20(24)22-18-6-4-5-15(9-18)11-21/h4-10H,3,12-13H2,1-2H3,(H,22,24). The molecule has 2 aromatic carbocycles. The first-order valence-electron chi connectivity index (χ1n) is 8.18. The molecule has 26 heavy (non-hydrogen) atoms. The molecule has 134 valence electrons. The van der Waals surface area contributed by atoms with Crippen molar-refractivity contribution in [2.24, 2.45) is 0 Å². The van der Waals surface area contributed by atoms with E-state index >= 15 is 0 Å². The van der Waals surface area contributed by atoms with E-state index in [2.05, 4.69) is 5.32 Å². The Morgan fingerprint density at radius 1 is 1.23 bits per heavy atom. The Labute approximate surface area is 157 Å². The van der Waals surface area contributed by atoms with Crippen LogP contribution in [-0.4, -0.2) is 24.1 Å². The number of nitrogens with zero attached hydrogens (tertiary/aromatic N) is 1. The first-order chi connectivity index (χ1) is 12.5. The quantitative estimate of drug-likeness (QED) is 0.712. The topological polar surface area (TPSA) is 79.2 Å². The zero-order valence-electron chi connectivity index (χ0n) is 14.7. The second-order valence-corrected chi connectivity index (χ2v) is 6.53. The SMILES string of the molecule is CCOc1ccc(C(C)=O)cc1CSCC(=O)Nc1cccc(C#N)c1. The van der Waals surface area contributed by atoms with Crippen molar-refractivity contribution in [3.63, 3.8) is 0 Å². The Morgan fingerprint density at radius 2 is 2.04 bits per heavy atom. The average molecular weight is 368 g/mol. The van der Waals surface area contributed by atoms with Crippen LogP contribution in [0.2, 0.25) is 0 Å². The fraction of sp³-hybridized carbons (Fsp3) is 0.250. The van der Waals surface area contributed by atoms with Crippen LogP contribution in [0.3, 0.4) is 0 Å². The highest BCUT2D eigenvalue weighted by molar-refractivity contribution is 7.99. The molecule has 0 saturated carbocycles. The predicted molar refractivity (Wildman–Crippen MR) is 104 cm³/mol. The largest absolute Gasteiger partial charge is 0.494 e. The van der Waals surface area contributed by atoms with Crippen LogP contribution in [0.15, 0.2) is 42.5 Å². The molecule has 0 heterocycles. The number of nitriles is 1. The number of hydrogen-bond acceptors (Lipinski definition) is 5. The Kier molecular flexibility index (Phi) is 7.24. The van der Waals surface area contributed by atoms with E-state index in [4.69, 9.17) is 10.00 Å². The van der Waals surface area contributed by atoms with E-state index in [-0.39, 0.29) is 17.4 Å². The van der Waals surface area contributed by atoms with Gasteiger partial charge < -0.3 is 10.1 Å². The van der Waals surface area contributed by atoms with Crippen LogP contribution in [-0.2, 0) is 10.5 Å². The number of nitrogens with one attached hydrogen (secondary N) is 1. The second-order valence-electron chi connectivity index (χ2n) is 5.55. The van der Waals surface area contributed by atoms with Gasteiger partial charge in [-0.1, -0.05) is 6.07 Å². The van der Waals surface area contributed by atoms with Crippen LogP contribution in [0.4, 0.5) is 5.69 Å². The van der Waals surface area contributed by atoms with Crippen LogP contribution in [0.25, 0.3) is 0 Å². The lowest BCUT2D eigenvalue weighted by Crippen LogP contribution is -2.14. The van der Waals surface area contributed by atoms with Crippen LogP contribution in [0, 0.1) is 11.3 Å². The molecule has 0 radical (unpaired) electrons. The summed E-state index contributed by atoms with van der Waals surface area (Å²) in [7, 11) is 0. The molecule has 0 aliphatic rings. The highest BCUT2D eigenvalue weighted by atomic mass is 32.2. The maximum Gasteiger partial charge on any atom is 0.234 e. The Hall–Kier alpha value is -2.78. The summed E-state index contributed by atoms with van der Waals surface area (Å²) in [6.07, 6.45) is 0. The number of anilines is 1. The van der Waals surface area contributed by atoms with Crippen molar-refractivity contribution in [2.45, 2.75) is 19.6 Å². The van der Waals surface area contributed by atoms with Gasteiger partial charge in [0.05, 0.1) is 24.0 Å². The molecule has 0 aliphatic carbocycles. The number of Topliss-reactive ketones (excluding diaryl/α,β-unsaturated/α-hetero) is 1. The number of benzene rings is 2. The average Bonchev–Trinajstić information content (AvgIpc) is 2.63. The summed E-state index contributed by atoms with van der Waals surface area (Å²) in [6, 6.07) is 14.2. The Bertz CT molecular complexity index is 843. The van der Waals surface area contributed by atoms with E-state index in [1.54, 1.807) is 36.4 Å². The van der Waals surface area contributed by atoms with Crippen LogP contribution < -0.4 is 10.1 Å². The van der Waals surface area contributed by atoms with Gasteiger partial charge in [0.2, 0.25) is 5.91 Å². The molecule has 2 rings (SSSR count). The molecular weight excluding hydrogens is 348 g/mol. The monoisotopic (exact) mass is 368 g/mol. The van der Waals surface area contributed by atoms with Gasteiger partial charge in [-0.05, 0) is 50.2 Å². The zero-order chi connectivity index (χ0) is 18.9. The molecule has 0 unspecified atom stereocenters. The Balaban J connectivity index is 1.95. The minimum absolute atomic E-state index is 0.00517. The van der Waals surface area contributed by atoms with Crippen molar-refractivity contribution in [2.75, 3.05) is 17.7 Å². The number of ether oxygens (including phenoxy) is 1. The lowest BCUT2D eigenvalue weighted by molar-refractivity contribution is -0.113. The number of hydrogen-bond donors (Lipinski definition) is 1. The van der Waals surface area contributed by atoms with Crippen molar-refractivity contribution in [1.29, 1.82) is 5.26 Å². The maximum absolute atomic E-state index is 12.1. The molecule has 0 fully saturated rings. The molecule has 0 saturated heterocycles. The van der Waals surface area contributed by atoms with Crippen molar-refractivity contribution >= 4 is 29.1 Å². The predicted octanol–water partition coefficient (Wildman–Crippen LogP) is 4.03. The smallest absolute Gasteiger partial charge is 0.234 e. The normalized spacial score (nSPS) is 10.0. The van der Waals surface area contributed by atoms with E-state index in [1.165, 1.54) is 18.7 Å². The third kappa shape index (κ3) is 5.64. The summed E-state index contributed by atoms with van der Waals surface area (Å²) >= 11 is 1.44. The highest BCUT2D eigenvalue weighted by Gasteiger charge is 2.10. The molecule has 0 atom stereocenters. The molecule has 6 heteroatoms. The van der Waals surface area contributed by atoms with Gasteiger partial charge in [-0.25, -0.2) is 0 Å². The molecule has 2 aromatic rings. The van der Waals surface area contributed by atoms with Crippen molar-refractivity contribution in [1.82, 2.24) is 0 Å². The third-order valence-electron chi connectivity index (χ3n) is 3.53. The van der Waals surface area contributed by atoms with Gasteiger partial charge in [0.1, 0.15) is 5.75 Å². The molecule has 1 N–H and O–H groups in total.